The summed E-state index contributed by atoms with van der Waals surface area (Å²) in [5.41, 5.74) is 1.44. The number of esters is 1. The van der Waals surface area contributed by atoms with Crippen molar-refractivity contribution >= 4 is 27.8 Å². The molecule has 1 atom stereocenters. The van der Waals surface area contributed by atoms with Crippen LogP contribution >= 0.6 is 15.9 Å². The third-order valence-electron chi connectivity index (χ3n) is 3.36. The molecule has 1 amide bonds. The van der Waals surface area contributed by atoms with Crippen LogP contribution < -0.4 is 5.32 Å². The van der Waals surface area contributed by atoms with Crippen LogP contribution in [0.25, 0.3) is 0 Å². The zero-order valence-corrected chi connectivity index (χ0v) is 14.4. The van der Waals surface area contributed by atoms with Gasteiger partial charge in [-0.3, -0.25) is 4.79 Å². The van der Waals surface area contributed by atoms with Gasteiger partial charge in [0.2, 0.25) is 0 Å². The molecule has 0 aliphatic heterocycles. The summed E-state index contributed by atoms with van der Waals surface area (Å²) in [5, 5.41) is 2.88. The highest BCUT2D eigenvalue weighted by atomic mass is 79.9. The second kappa shape index (κ2) is 8.48. The zero-order chi connectivity index (χ0) is 16.7. The van der Waals surface area contributed by atoms with Gasteiger partial charge in [-0.25, -0.2) is 4.79 Å². The predicted octanol–water partition coefficient (Wildman–Crippen LogP) is 3.87. The first-order valence-corrected chi connectivity index (χ1v) is 8.16. The average Bonchev–Trinajstić information content (AvgIpc) is 2.59. The maximum absolute atomic E-state index is 12.0. The van der Waals surface area contributed by atoms with E-state index in [0.29, 0.717) is 5.56 Å². The number of benzene rings is 2. The molecule has 0 fully saturated rings. The predicted molar refractivity (Wildman–Crippen MR) is 92.0 cm³/mol. The molecule has 0 aliphatic carbocycles. The molecule has 1 N–H and O–H groups in total. The molecule has 0 aliphatic rings. The fourth-order valence-electron chi connectivity index (χ4n) is 2.14. The van der Waals surface area contributed by atoms with Crippen molar-refractivity contribution in [3.8, 4) is 0 Å². The first-order valence-electron chi connectivity index (χ1n) is 7.37. The molecule has 23 heavy (non-hydrogen) atoms. The Morgan fingerprint density at radius 2 is 1.74 bits per heavy atom. The van der Waals surface area contributed by atoms with Gasteiger partial charge in [0.1, 0.15) is 0 Å². The lowest BCUT2D eigenvalue weighted by Gasteiger charge is -2.17. The van der Waals surface area contributed by atoms with Crippen molar-refractivity contribution in [3.63, 3.8) is 0 Å². The molecule has 0 bridgehead atoms. The number of amides is 1. The van der Waals surface area contributed by atoms with Crippen LogP contribution in [0.3, 0.4) is 0 Å². The third-order valence-corrected chi connectivity index (χ3v) is 3.89. The van der Waals surface area contributed by atoms with Gasteiger partial charge in [-0.1, -0.05) is 53.2 Å². The number of hydrogen-bond acceptors (Lipinski definition) is 3. The highest BCUT2D eigenvalue weighted by molar-refractivity contribution is 9.10. The molecule has 2 aromatic carbocycles. The standard InChI is InChI=1S/C18H18BrNO3/c1-2-16(13-8-10-15(19)11-9-13)20-17(21)12-23-18(22)14-6-4-3-5-7-14/h3-11,16H,2,12H2,1H3,(H,20,21)/t16-/m0/s1. The third kappa shape index (κ3) is 5.21. The van der Waals surface area contributed by atoms with Crippen molar-refractivity contribution in [1.82, 2.24) is 5.32 Å². The summed E-state index contributed by atoms with van der Waals surface area (Å²) in [6.45, 7) is 1.70. The van der Waals surface area contributed by atoms with Gasteiger partial charge in [-0.2, -0.15) is 0 Å². The lowest BCUT2D eigenvalue weighted by Crippen LogP contribution is -2.32. The van der Waals surface area contributed by atoms with E-state index in [1.807, 2.05) is 37.3 Å². The maximum Gasteiger partial charge on any atom is 0.338 e. The fraction of sp³-hybridized carbons (Fsp3) is 0.222. The number of nitrogens with one attached hydrogen (secondary N) is 1. The summed E-state index contributed by atoms with van der Waals surface area (Å²) in [6, 6.07) is 16.3. The van der Waals surface area contributed by atoms with Crippen molar-refractivity contribution < 1.29 is 14.3 Å². The van der Waals surface area contributed by atoms with Crippen LogP contribution in [0.2, 0.25) is 0 Å². The first kappa shape index (κ1) is 17.2. The molecule has 0 saturated heterocycles. The van der Waals surface area contributed by atoms with Gasteiger partial charge in [0.05, 0.1) is 11.6 Å². The summed E-state index contributed by atoms with van der Waals surface area (Å²) in [4.78, 5) is 23.8. The van der Waals surface area contributed by atoms with E-state index >= 15 is 0 Å². The van der Waals surface area contributed by atoms with Crippen LogP contribution in [0.15, 0.2) is 59.1 Å². The van der Waals surface area contributed by atoms with E-state index in [0.717, 1.165) is 16.5 Å². The number of carbonyl (C=O) groups is 2. The second-order valence-electron chi connectivity index (χ2n) is 5.02. The van der Waals surface area contributed by atoms with E-state index in [1.165, 1.54) is 0 Å². The van der Waals surface area contributed by atoms with E-state index in [4.69, 9.17) is 4.74 Å². The highest BCUT2D eigenvalue weighted by Gasteiger charge is 2.14. The Morgan fingerprint density at radius 3 is 2.35 bits per heavy atom. The van der Waals surface area contributed by atoms with Crippen LogP contribution in [0.5, 0.6) is 0 Å². The first-order chi connectivity index (χ1) is 11.1. The molecule has 0 saturated carbocycles. The minimum atomic E-state index is -0.502. The quantitative estimate of drug-likeness (QED) is 0.779. The molecule has 0 aromatic heterocycles. The van der Waals surface area contributed by atoms with Crippen molar-refractivity contribution in [1.29, 1.82) is 0 Å². The largest absolute Gasteiger partial charge is 0.452 e. The summed E-state index contributed by atoms with van der Waals surface area (Å²) >= 11 is 3.39. The second-order valence-corrected chi connectivity index (χ2v) is 5.94. The number of ether oxygens (including phenoxy) is 1. The minimum Gasteiger partial charge on any atom is -0.452 e. The highest BCUT2D eigenvalue weighted by Crippen LogP contribution is 2.19. The Bertz CT molecular complexity index is 656. The van der Waals surface area contributed by atoms with E-state index in [9.17, 15) is 9.59 Å². The fourth-order valence-corrected chi connectivity index (χ4v) is 2.41. The van der Waals surface area contributed by atoms with Crippen molar-refractivity contribution in [2.45, 2.75) is 19.4 Å². The molecule has 4 nitrogen and oxygen atoms in total. The molecule has 0 spiro atoms. The number of hydrogen-bond donors (Lipinski definition) is 1. The van der Waals surface area contributed by atoms with Gasteiger partial charge in [-0.15, -0.1) is 0 Å². The van der Waals surface area contributed by atoms with Crippen LogP contribution in [-0.4, -0.2) is 18.5 Å². The van der Waals surface area contributed by atoms with Crippen LogP contribution in [0.4, 0.5) is 0 Å². The summed E-state index contributed by atoms with van der Waals surface area (Å²) in [5.74, 6) is -0.818. The molecule has 0 heterocycles. The number of carbonyl (C=O) groups excluding carboxylic acids is 2. The Kier molecular flexibility index (Phi) is 6.35. The summed E-state index contributed by atoms with van der Waals surface area (Å²) in [6.07, 6.45) is 0.750. The molecule has 0 unspecified atom stereocenters. The molecule has 2 aromatic rings. The van der Waals surface area contributed by atoms with Gasteiger partial charge in [0.15, 0.2) is 6.61 Å². The molecule has 2 rings (SSSR count). The Labute approximate surface area is 144 Å². The molecule has 5 heteroatoms. The molecule has 0 radical (unpaired) electrons. The number of rotatable bonds is 6. The minimum absolute atomic E-state index is 0.106. The van der Waals surface area contributed by atoms with E-state index in [1.54, 1.807) is 24.3 Å². The summed E-state index contributed by atoms with van der Waals surface area (Å²) < 4.78 is 6.02. The van der Waals surface area contributed by atoms with Crippen molar-refractivity contribution in [3.05, 3.63) is 70.2 Å². The topological polar surface area (TPSA) is 55.4 Å². The van der Waals surface area contributed by atoms with Crippen molar-refractivity contribution in [2.75, 3.05) is 6.61 Å². The van der Waals surface area contributed by atoms with Crippen LogP contribution in [-0.2, 0) is 9.53 Å². The summed E-state index contributed by atoms with van der Waals surface area (Å²) in [7, 11) is 0. The Morgan fingerprint density at radius 1 is 1.09 bits per heavy atom. The van der Waals surface area contributed by atoms with Gasteiger partial charge in [0, 0.05) is 4.47 Å². The van der Waals surface area contributed by atoms with Crippen molar-refractivity contribution in [2.24, 2.45) is 0 Å². The smallest absolute Gasteiger partial charge is 0.338 e. The lowest BCUT2D eigenvalue weighted by atomic mass is 10.0. The van der Waals surface area contributed by atoms with Gasteiger partial charge in [0.25, 0.3) is 5.91 Å². The maximum atomic E-state index is 12.0. The van der Waals surface area contributed by atoms with E-state index < -0.39 is 5.97 Å². The Hall–Kier alpha value is -2.14. The Balaban J connectivity index is 1.88. The SMILES string of the molecule is CC[C@H](NC(=O)COC(=O)c1ccccc1)c1ccc(Br)cc1. The van der Waals surface area contributed by atoms with Crippen LogP contribution in [0.1, 0.15) is 35.3 Å². The molecule has 120 valence electrons. The monoisotopic (exact) mass is 375 g/mol. The van der Waals surface area contributed by atoms with Gasteiger partial charge in [-0.05, 0) is 36.2 Å². The molecular formula is C18H18BrNO3. The number of halogens is 1. The average molecular weight is 376 g/mol. The van der Waals surface area contributed by atoms with Gasteiger partial charge < -0.3 is 10.1 Å². The van der Waals surface area contributed by atoms with Gasteiger partial charge >= 0.3 is 5.97 Å². The normalized spacial score (nSPS) is 11.6. The molecular weight excluding hydrogens is 358 g/mol. The zero-order valence-electron chi connectivity index (χ0n) is 12.8. The van der Waals surface area contributed by atoms with Crippen LogP contribution in [0, 0.1) is 0 Å². The van der Waals surface area contributed by atoms with E-state index in [-0.39, 0.29) is 18.6 Å². The van der Waals surface area contributed by atoms with E-state index in [2.05, 4.69) is 21.2 Å². The lowest BCUT2D eigenvalue weighted by molar-refractivity contribution is -0.125.